The first-order valence-electron chi connectivity index (χ1n) is 6.60. The largest absolute Gasteiger partial charge is 0.478 e. The lowest BCUT2D eigenvalue weighted by Gasteiger charge is -2.22. The Hall–Kier alpha value is -2.63. The third-order valence-electron chi connectivity index (χ3n) is 3.24. The molecule has 0 atom stereocenters. The van der Waals surface area contributed by atoms with Gasteiger partial charge < -0.3 is 10.0 Å². The molecular formula is C15H16N2O4. The van der Waals surface area contributed by atoms with Gasteiger partial charge in [-0.25, -0.2) is 4.79 Å². The molecule has 0 saturated heterocycles. The maximum Gasteiger partial charge on any atom is 0.328 e. The fourth-order valence-electron chi connectivity index (χ4n) is 2.17. The zero-order valence-corrected chi connectivity index (χ0v) is 11.4. The number of benzene rings is 1. The molecule has 0 amide bonds. The van der Waals surface area contributed by atoms with Crippen LogP contribution in [-0.2, 0) is 4.79 Å². The highest BCUT2D eigenvalue weighted by Crippen LogP contribution is 2.37. The molecule has 1 saturated carbocycles. The standard InChI is InChI=1S/C15H16N2O4/c1-2-9-16(12-5-6-12)13-7-3-11(4-8-15(18)19)10-14(13)17(20)21/h2-4,7-8,10,12H,1,5-6,9H2,(H,18,19)/b8-4+. The van der Waals surface area contributed by atoms with Crippen molar-refractivity contribution in [1.29, 1.82) is 0 Å². The zero-order valence-electron chi connectivity index (χ0n) is 11.4. The molecule has 6 heteroatoms. The van der Waals surface area contributed by atoms with E-state index in [1.165, 1.54) is 12.1 Å². The number of rotatable bonds is 7. The topological polar surface area (TPSA) is 83.7 Å². The molecule has 0 spiro atoms. The molecule has 1 aromatic rings. The Morgan fingerprint density at radius 1 is 1.52 bits per heavy atom. The first kappa shape index (κ1) is 14.8. The number of carboxylic acid groups (broad SMARTS) is 1. The van der Waals surface area contributed by atoms with Crippen molar-refractivity contribution in [2.75, 3.05) is 11.4 Å². The van der Waals surface area contributed by atoms with Crippen molar-refractivity contribution >= 4 is 23.4 Å². The zero-order chi connectivity index (χ0) is 15.4. The Kier molecular flexibility index (Phi) is 4.37. The molecule has 110 valence electrons. The van der Waals surface area contributed by atoms with E-state index in [0.29, 0.717) is 23.8 Å². The molecule has 1 aliphatic rings. The second kappa shape index (κ2) is 6.21. The lowest BCUT2D eigenvalue weighted by Crippen LogP contribution is -2.26. The molecule has 0 radical (unpaired) electrons. The van der Waals surface area contributed by atoms with E-state index < -0.39 is 10.9 Å². The molecule has 0 heterocycles. The number of carboxylic acids is 1. The van der Waals surface area contributed by atoms with E-state index in [1.54, 1.807) is 18.2 Å². The molecule has 1 aliphatic carbocycles. The highest BCUT2D eigenvalue weighted by atomic mass is 16.6. The van der Waals surface area contributed by atoms with Crippen molar-refractivity contribution < 1.29 is 14.8 Å². The van der Waals surface area contributed by atoms with Crippen molar-refractivity contribution in [1.82, 2.24) is 0 Å². The number of nitro groups is 1. The highest BCUT2D eigenvalue weighted by Gasteiger charge is 2.32. The average molecular weight is 288 g/mol. The predicted octanol–water partition coefficient (Wildman–Crippen LogP) is 2.85. The summed E-state index contributed by atoms with van der Waals surface area (Å²) in [5.74, 6) is -1.09. The van der Waals surface area contributed by atoms with Crippen LogP contribution in [0.5, 0.6) is 0 Å². The molecule has 0 aliphatic heterocycles. The number of anilines is 1. The van der Waals surface area contributed by atoms with Gasteiger partial charge >= 0.3 is 5.97 Å². The number of hydrogen-bond acceptors (Lipinski definition) is 4. The summed E-state index contributed by atoms with van der Waals surface area (Å²) in [6.07, 6.45) is 6.06. The molecule has 6 nitrogen and oxygen atoms in total. The van der Waals surface area contributed by atoms with E-state index >= 15 is 0 Å². The van der Waals surface area contributed by atoms with Crippen molar-refractivity contribution in [2.45, 2.75) is 18.9 Å². The fourth-order valence-corrected chi connectivity index (χ4v) is 2.17. The van der Waals surface area contributed by atoms with Crippen LogP contribution in [0, 0.1) is 10.1 Å². The van der Waals surface area contributed by atoms with Gasteiger partial charge in [0.2, 0.25) is 0 Å². The van der Waals surface area contributed by atoms with Gasteiger partial charge in [0.15, 0.2) is 0 Å². The first-order valence-corrected chi connectivity index (χ1v) is 6.60. The summed E-state index contributed by atoms with van der Waals surface area (Å²) in [4.78, 5) is 23.3. The normalized spacial score (nSPS) is 14.1. The van der Waals surface area contributed by atoms with E-state index in [0.717, 1.165) is 18.9 Å². The second-order valence-electron chi connectivity index (χ2n) is 4.85. The number of nitrogens with zero attached hydrogens (tertiary/aromatic N) is 2. The summed E-state index contributed by atoms with van der Waals surface area (Å²) in [7, 11) is 0. The van der Waals surface area contributed by atoms with Gasteiger partial charge in [-0.1, -0.05) is 12.1 Å². The molecule has 0 unspecified atom stereocenters. The quantitative estimate of drug-likeness (QED) is 0.361. The van der Waals surface area contributed by atoms with E-state index in [4.69, 9.17) is 5.11 Å². The lowest BCUT2D eigenvalue weighted by atomic mass is 10.1. The third kappa shape index (κ3) is 3.68. The minimum Gasteiger partial charge on any atom is -0.478 e. The predicted molar refractivity (Wildman–Crippen MR) is 80.3 cm³/mol. The van der Waals surface area contributed by atoms with E-state index in [9.17, 15) is 14.9 Å². The van der Waals surface area contributed by atoms with Crippen LogP contribution in [0.3, 0.4) is 0 Å². The smallest absolute Gasteiger partial charge is 0.328 e. The van der Waals surface area contributed by atoms with Gasteiger partial charge in [-0.2, -0.15) is 0 Å². The summed E-state index contributed by atoms with van der Waals surface area (Å²) >= 11 is 0. The summed E-state index contributed by atoms with van der Waals surface area (Å²) in [6, 6.07) is 5.07. The van der Waals surface area contributed by atoms with Crippen molar-refractivity contribution in [3.63, 3.8) is 0 Å². The Balaban J connectivity index is 2.38. The Bertz CT molecular complexity index is 606. The van der Waals surface area contributed by atoms with Crippen LogP contribution in [-0.4, -0.2) is 28.6 Å². The van der Waals surface area contributed by atoms with Gasteiger partial charge in [0.25, 0.3) is 5.69 Å². The van der Waals surface area contributed by atoms with Gasteiger partial charge in [0.1, 0.15) is 5.69 Å². The van der Waals surface area contributed by atoms with Crippen LogP contribution in [0.4, 0.5) is 11.4 Å². The van der Waals surface area contributed by atoms with Crippen LogP contribution in [0.2, 0.25) is 0 Å². The highest BCUT2D eigenvalue weighted by molar-refractivity contribution is 5.85. The summed E-state index contributed by atoms with van der Waals surface area (Å²) in [5, 5.41) is 19.9. The van der Waals surface area contributed by atoms with E-state index in [1.807, 2.05) is 4.90 Å². The molecule has 2 rings (SSSR count). The molecule has 0 bridgehead atoms. The second-order valence-corrected chi connectivity index (χ2v) is 4.85. The minimum atomic E-state index is -1.09. The Morgan fingerprint density at radius 2 is 2.24 bits per heavy atom. The van der Waals surface area contributed by atoms with Crippen molar-refractivity contribution in [3.8, 4) is 0 Å². The van der Waals surface area contributed by atoms with Crippen LogP contribution >= 0.6 is 0 Å². The lowest BCUT2D eigenvalue weighted by molar-refractivity contribution is -0.384. The maximum absolute atomic E-state index is 11.3. The molecule has 0 aromatic heterocycles. The maximum atomic E-state index is 11.3. The summed E-state index contributed by atoms with van der Waals surface area (Å²) < 4.78 is 0. The average Bonchev–Trinajstić information content (AvgIpc) is 3.27. The van der Waals surface area contributed by atoms with Crippen LogP contribution in [0.15, 0.2) is 36.9 Å². The van der Waals surface area contributed by atoms with E-state index in [2.05, 4.69) is 6.58 Å². The summed E-state index contributed by atoms with van der Waals surface area (Å²) in [6.45, 7) is 4.24. The fraction of sp³-hybridized carbons (Fsp3) is 0.267. The minimum absolute atomic E-state index is 0.0173. The van der Waals surface area contributed by atoms with Crippen molar-refractivity contribution in [2.24, 2.45) is 0 Å². The number of carbonyl (C=O) groups is 1. The van der Waals surface area contributed by atoms with Crippen LogP contribution in [0.25, 0.3) is 6.08 Å². The van der Waals surface area contributed by atoms with Crippen LogP contribution < -0.4 is 4.90 Å². The number of aliphatic carboxylic acids is 1. The first-order chi connectivity index (χ1) is 10.0. The van der Waals surface area contributed by atoms with Crippen molar-refractivity contribution in [3.05, 3.63) is 52.6 Å². The Morgan fingerprint density at radius 3 is 2.76 bits per heavy atom. The summed E-state index contributed by atoms with van der Waals surface area (Å²) in [5.41, 5.74) is 1.02. The Labute approximate surface area is 122 Å². The molecule has 1 aromatic carbocycles. The molecule has 1 N–H and O–H groups in total. The number of hydrogen-bond donors (Lipinski definition) is 1. The molecular weight excluding hydrogens is 272 g/mol. The van der Waals surface area contributed by atoms with Crippen LogP contribution in [0.1, 0.15) is 18.4 Å². The SMILES string of the molecule is C=CCN(c1ccc(/C=C/C(=O)O)cc1[N+](=O)[O-])C1CC1. The van der Waals surface area contributed by atoms with E-state index in [-0.39, 0.29) is 5.69 Å². The van der Waals surface area contributed by atoms with Gasteiger partial charge in [0, 0.05) is 24.7 Å². The van der Waals surface area contributed by atoms with Gasteiger partial charge in [-0.15, -0.1) is 6.58 Å². The molecule has 1 fully saturated rings. The van der Waals surface area contributed by atoms with Gasteiger partial charge in [-0.05, 0) is 30.5 Å². The third-order valence-corrected chi connectivity index (χ3v) is 3.24. The molecule has 21 heavy (non-hydrogen) atoms. The monoisotopic (exact) mass is 288 g/mol. The number of nitro benzene ring substituents is 1. The van der Waals surface area contributed by atoms with Gasteiger partial charge in [-0.3, -0.25) is 10.1 Å². The van der Waals surface area contributed by atoms with Gasteiger partial charge in [0.05, 0.1) is 4.92 Å².